The van der Waals surface area contributed by atoms with Gasteiger partial charge in [0.15, 0.2) is 5.82 Å². The molecule has 0 saturated carbocycles. The van der Waals surface area contributed by atoms with E-state index in [1.165, 1.54) is 30.6 Å². The van der Waals surface area contributed by atoms with Crippen LogP contribution in [0.25, 0.3) is 0 Å². The van der Waals surface area contributed by atoms with Gasteiger partial charge in [0, 0.05) is 11.8 Å². The van der Waals surface area contributed by atoms with Crippen molar-refractivity contribution in [2.75, 3.05) is 5.32 Å². The highest BCUT2D eigenvalue weighted by Crippen LogP contribution is 2.26. The topological polar surface area (TPSA) is 47.0 Å². The first-order valence-corrected chi connectivity index (χ1v) is 5.40. The summed E-state index contributed by atoms with van der Waals surface area (Å²) >= 11 is 5.64. The summed E-state index contributed by atoms with van der Waals surface area (Å²) in [6, 6.07) is 5.37. The molecule has 2 rings (SSSR count). The number of benzene rings is 1. The third-order valence-electron chi connectivity index (χ3n) is 1.95. The van der Waals surface area contributed by atoms with E-state index in [2.05, 4.69) is 20.0 Å². The van der Waals surface area contributed by atoms with Gasteiger partial charge in [-0.25, -0.2) is 4.98 Å². The molecule has 1 N–H and O–H groups in total. The Kier molecular flexibility index (Phi) is 3.75. The minimum atomic E-state index is -4.73. The molecule has 2 aromatic rings. The first-order chi connectivity index (χ1) is 8.92. The van der Waals surface area contributed by atoms with Gasteiger partial charge in [-0.3, -0.25) is 4.98 Å². The van der Waals surface area contributed by atoms with E-state index in [-0.39, 0.29) is 10.9 Å². The van der Waals surface area contributed by atoms with Crippen molar-refractivity contribution in [3.8, 4) is 5.75 Å². The lowest BCUT2D eigenvalue weighted by molar-refractivity contribution is -0.274. The molecule has 0 amide bonds. The number of hydrogen-bond donors (Lipinski definition) is 1. The first-order valence-electron chi connectivity index (χ1n) is 5.03. The Morgan fingerprint density at radius 2 is 2.00 bits per heavy atom. The summed E-state index contributed by atoms with van der Waals surface area (Å²) in [6.07, 6.45) is -1.99. The van der Waals surface area contributed by atoms with Crippen molar-refractivity contribution in [2.24, 2.45) is 0 Å². The molecule has 4 nitrogen and oxygen atoms in total. The van der Waals surface area contributed by atoms with E-state index in [1.54, 1.807) is 6.07 Å². The molecule has 1 aromatic heterocycles. The fraction of sp³-hybridized carbons (Fsp3) is 0.0909. The van der Waals surface area contributed by atoms with Crippen LogP contribution in [0.3, 0.4) is 0 Å². The Morgan fingerprint density at radius 1 is 1.21 bits per heavy atom. The number of alkyl halides is 3. The minimum Gasteiger partial charge on any atom is -0.406 e. The van der Waals surface area contributed by atoms with Crippen LogP contribution >= 0.6 is 11.6 Å². The van der Waals surface area contributed by atoms with E-state index in [9.17, 15) is 13.2 Å². The van der Waals surface area contributed by atoms with Gasteiger partial charge in [-0.2, -0.15) is 0 Å². The van der Waals surface area contributed by atoms with Gasteiger partial charge in [-0.1, -0.05) is 17.7 Å². The van der Waals surface area contributed by atoms with Gasteiger partial charge in [0.05, 0.1) is 12.4 Å². The smallest absolute Gasteiger partial charge is 0.406 e. The van der Waals surface area contributed by atoms with Crippen LogP contribution in [-0.2, 0) is 0 Å². The van der Waals surface area contributed by atoms with Crippen LogP contribution in [0.1, 0.15) is 0 Å². The molecule has 0 spiro atoms. The number of nitrogens with one attached hydrogen (secondary N) is 1. The van der Waals surface area contributed by atoms with Crippen molar-refractivity contribution >= 4 is 23.1 Å². The maximum atomic E-state index is 12.1. The Hall–Kier alpha value is -2.02. The normalized spacial score (nSPS) is 11.2. The first kappa shape index (κ1) is 13.4. The van der Waals surface area contributed by atoms with E-state index in [0.29, 0.717) is 11.5 Å². The Balaban J connectivity index is 2.15. The molecule has 0 saturated heterocycles. The fourth-order valence-electron chi connectivity index (χ4n) is 1.32. The standard InChI is InChI=1S/C11H7ClF3N3O/c12-9-5-16-6-10(18-9)17-7-2-1-3-8(4-7)19-11(13,14)15/h1-6H,(H,17,18). The molecule has 1 aromatic carbocycles. The van der Waals surface area contributed by atoms with Crippen LogP contribution < -0.4 is 10.1 Å². The molecular formula is C11H7ClF3N3O. The van der Waals surface area contributed by atoms with Crippen LogP contribution in [-0.4, -0.2) is 16.3 Å². The lowest BCUT2D eigenvalue weighted by Gasteiger charge is -2.10. The third kappa shape index (κ3) is 4.29. The molecule has 0 unspecified atom stereocenters. The lowest BCUT2D eigenvalue weighted by Crippen LogP contribution is -2.17. The number of ether oxygens (including phenoxy) is 1. The van der Waals surface area contributed by atoms with Crippen molar-refractivity contribution in [2.45, 2.75) is 6.36 Å². The molecular weight excluding hydrogens is 283 g/mol. The second kappa shape index (κ2) is 5.31. The van der Waals surface area contributed by atoms with E-state index in [0.717, 1.165) is 0 Å². The molecule has 19 heavy (non-hydrogen) atoms. The Morgan fingerprint density at radius 3 is 2.68 bits per heavy atom. The van der Waals surface area contributed by atoms with Crippen LogP contribution in [0.2, 0.25) is 5.15 Å². The maximum Gasteiger partial charge on any atom is 0.573 e. The van der Waals surface area contributed by atoms with Gasteiger partial charge in [0.2, 0.25) is 0 Å². The molecule has 0 aliphatic heterocycles. The predicted octanol–water partition coefficient (Wildman–Crippen LogP) is 3.77. The molecule has 1 heterocycles. The largest absolute Gasteiger partial charge is 0.573 e. The molecule has 0 atom stereocenters. The lowest BCUT2D eigenvalue weighted by atomic mass is 10.3. The number of nitrogens with zero attached hydrogens (tertiary/aromatic N) is 2. The Bertz CT molecular complexity index is 577. The zero-order valence-corrected chi connectivity index (χ0v) is 10.0. The highest BCUT2D eigenvalue weighted by Gasteiger charge is 2.31. The van der Waals surface area contributed by atoms with Crippen molar-refractivity contribution in [3.63, 3.8) is 0 Å². The van der Waals surface area contributed by atoms with Gasteiger partial charge in [0.1, 0.15) is 10.9 Å². The highest BCUT2D eigenvalue weighted by molar-refractivity contribution is 6.29. The van der Waals surface area contributed by atoms with Gasteiger partial charge in [-0.15, -0.1) is 13.2 Å². The summed E-state index contributed by atoms with van der Waals surface area (Å²) in [5.74, 6) is -0.0101. The molecule has 0 bridgehead atoms. The molecule has 0 aliphatic rings. The van der Waals surface area contributed by atoms with Crippen molar-refractivity contribution in [1.29, 1.82) is 0 Å². The van der Waals surface area contributed by atoms with Crippen molar-refractivity contribution in [1.82, 2.24) is 9.97 Å². The number of aromatic nitrogens is 2. The molecule has 100 valence electrons. The number of hydrogen-bond acceptors (Lipinski definition) is 4. The molecule has 0 fully saturated rings. The van der Waals surface area contributed by atoms with Crippen molar-refractivity contribution < 1.29 is 17.9 Å². The average Bonchev–Trinajstić information content (AvgIpc) is 2.27. The van der Waals surface area contributed by atoms with E-state index in [4.69, 9.17) is 11.6 Å². The summed E-state index contributed by atoms with van der Waals surface area (Å²) in [5.41, 5.74) is 0.373. The summed E-state index contributed by atoms with van der Waals surface area (Å²) < 4.78 is 40.0. The monoisotopic (exact) mass is 289 g/mol. The fourth-order valence-corrected chi connectivity index (χ4v) is 1.47. The second-order valence-electron chi connectivity index (χ2n) is 3.43. The van der Waals surface area contributed by atoms with Crippen LogP contribution in [0.5, 0.6) is 5.75 Å². The van der Waals surface area contributed by atoms with Crippen LogP contribution in [0.4, 0.5) is 24.7 Å². The van der Waals surface area contributed by atoms with Gasteiger partial charge in [-0.05, 0) is 12.1 Å². The summed E-state index contributed by atoms with van der Waals surface area (Å²) in [4.78, 5) is 7.70. The van der Waals surface area contributed by atoms with E-state index in [1.807, 2.05) is 0 Å². The van der Waals surface area contributed by atoms with E-state index >= 15 is 0 Å². The van der Waals surface area contributed by atoms with Crippen LogP contribution in [0.15, 0.2) is 36.7 Å². The zero-order valence-electron chi connectivity index (χ0n) is 9.28. The van der Waals surface area contributed by atoms with Gasteiger partial charge < -0.3 is 10.1 Å². The molecule has 8 heteroatoms. The molecule has 0 radical (unpaired) electrons. The SMILES string of the molecule is FC(F)(F)Oc1cccc(Nc2cncc(Cl)n2)c1. The Labute approximate surface area is 111 Å². The number of anilines is 2. The maximum absolute atomic E-state index is 12.1. The molecule has 0 aliphatic carbocycles. The summed E-state index contributed by atoms with van der Waals surface area (Å²) in [5, 5.41) is 2.94. The van der Waals surface area contributed by atoms with E-state index < -0.39 is 6.36 Å². The third-order valence-corrected chi connectivity index (χ3v) is 2.13. The number of halogens is 4. The number of rotatable bonds is 3. The van der Waals surface area contributed by atoms with Crippen LogP contribution in [0, 0.1) is 0 Å². The summed E-state index contributed by atoms with van der Waals surface area (Å²) in [6.45, 7) is 0. The van der Waals surface area contributed by atoms with Crippen molar-refractivity contribution in [3.05, 3.63) is 41.8 Å². The van der Waals surface area contributed by atoms with Gasteiger partial charge >= 0.3 is 6.36 Å². The quantitative estimate of drug-likeness (QED) is 0.934. The highest BCUT2D eigenvalue weighted by atomic mass is 35.5. The zero-order chi connectivity index (χ0) is 13.9. The van der Waals surface area contributed by atoms with Gasteiger partial charge in [0.25, 0.3) is 0 Å². The second-order valence-corrected chi connectivity index (χ2v) is 3.81. The minimum absolute atomic E-state index is 0.174. The predicted molar refractivity (Wildman–Crippen MR) is 63.4 cm³/mol. The average molecular weight is 290 g/mol. The summed E-state index contributed by atoms with van der Waals surface area (Å²) in [7, 11) is 0.